The van der Waals surface area contributed by atoms with Crippen LogP contribution in [0, 0.1) is 0 Å². The van der Waals surface area contributed by atoms with Crippen LogP contribution in [-0.2, 0) is 24.5 Å². The van der Waals surface area contributed by atoms with Gasteiger partial charge in [0.1, 0.15) is 0 Å². The molecule has 1 N–H and O–H groups in total. The normalized spacial score (nSPS) is 13.5. The molecule has 5 nitrogen and oxygen atoms in total. The number of methoxy groups -OCH3 is 1. The van der Waals surface area contributed by atoms with E-state index in [1.165, 1.54) is 7.11 Å². The number of aliphatic hydroxyl groups excluding tert-OH is 1. The second-order valence-electron chi connectivity index (χ2n) is 3.93. The number of hydrogen-bond donors (Lipinski definition) is 1. The fourth-order valence-corrected chi connectivity index (χ4v) is 3.37. The number of ether oxygens (including phenoxy) is 1. The Balaban J connectivity index is 2.78. The Labute approximate surface area is 114 Å². The highest BCUT2D eigenvalue weighted by atomic mass is 31.2. The van der Waals surface area contributed by atoms with Crippen molar-refractivity contribution in [1.82, 2.24) is 0 Å². The van der Waals surface area contributed by atoms with Crippen LogP contribution in [-0.4, -0.2) is 25.4 Å². The smallest absolute Gasteiger partial charge is 0.335 e. The van der Waals surface area contributed by atoms with E-state index < -0.39 is 13.9 Å². The molecule has 0 radical (unpaired) electrons. The van der Waals surface area contributed by atoms with Gasteiger partial charge in [-0.25, -0.2) is 0 Å². The van der Waals surface area contributed by atoms with Crippen LogP contribution < -0.4 is 0 Å². The van der Waals surface area contributed by atoms with Gasteiger partial charge in [-0.15, -0.1) is 0 Å². The third-order valence-corrected chi connectivity index (χ3v) is 4.57. The lowest BCUT2D eigenvalue weighted by Crippen LogP contribution is -2.01. The Morgan fingerprint density at radius 1 is 1.16 bits per heavy atom. The minimum absolute atomic E-state index is 0.220. The van der Waals surface area contributed by atoms with Gasteiger partial charge in [0.2, 0.25) is 0 Å². The van der Waals surface area contributed by atoms with E-state index in [0.29, 0.717) is 18.8 Å². The topological polar surface area (TPSA) is 65.0 Å². The van der Waals surface area contributed by atoms with Crippen molar-refractivity contribution in [2.75, 3.05) is 20.3 Å². The number of aliphatic hydroxyl groups is 1. The average Bonchev–Trinajstić information content (AvgIpc) is 2.39. The molecule has 6 heteroatoms. The molecule has 1 unspecified atom stereocenters. The van der Waals surface area contributed by atoms with E-state index in [0.717, 1.165) is 5.56 Å². The minimum Gasteiger partial charge on any atom is -0.364 e. The average molecular weight is 288 g/mol. The molecule has 0 aliphatic carbocycles. The molecule has 1 aromatic rings. The maximum Gasteiger partial charge on any atom is 0.335 e. The van der Waals surface area contributed by atoms with E-state index in [1.54, 1.807) is 38.1 Å². The largest absolute Gasteiger partial charge is 0.364 e. The highest BCUT2D eigenvalue weighted by Crippen LogP contribution is 2.51. The summed E-state index contributed by atoms with van der Waals surface area (Å²) in [6, 6.07) is 7.02. The number of benzene rings is 1. The third-order valence-electron chi connectivity index (χ3n) is 2.52. The molecule has 0 saturated carbocycles. The van der Waals surface area contributed by atoms with Crippen molar-refractivity contribution < 1.29 is 23.5 Å². The van der Waals surface area contributed by atoms with Crippen LogP contribution in [0.15, 0.2) is 24.3 Å². The van der Waals surface area contributed by atoms with E-state index >= 15 is 0 Å². The lowest BCUT2D eigenvalue weighted by atomic mass is 10.1. The van der Waals surface area contributed by atoms with Crippen molar-refractivity contribution in [2.24, 2.45) is 0 Å². The number of rotatable bonds is 8. The molecule has 0 aliphatic rings. The van der Waals surface area contributed by atoms with Gasteiger partial charge in [0.15, 0.2) is 6.29 Å². The van der Waals surface area contributed by atoms with Crippen molar-refractivity contribution in [3.63, 3.8) is 0 Å². The summed E-state index contributed by atoms with van der Waals surface area (Å²) in [4.78, 5) is 0. The monoisotopic (exact) mass is 288 g/mol. The van der Waals surface area contributed by atoms with Crippen molar-refractivity contribution in [3.8, 4) is 0 Å². The summed E-state index contributed by atoms with van der Waals surface area (Å²) in [7, 11) is -1.65. The summed E-state index contributed by atoms with van der Waals surface area (Å²) in [5, 5.41) is 9.49. The Hall–Kier alpha value is -0.710. The van der Waals surface area contributed by atoms with Crippen LogP contribution in [0.25, 0.3) is 0 Å². The first kappa shape index (κ1) is 16.3. The van der Waals surface area contributed by atoms with Crippen LogP contribution in [0.5, 0.6) is 0 Å². The Kier molecular flexibility index (Phi) is 6.69. The first-order chi connectivity index (χ1) is 9.04. The van der Waals surface area contributed by atoms with Gasteiger partial charge in [-0.3, -0.25) is 4.57 Å². The second-order valence-corrected chi connectivity index (χ2v) is 5.99. The van der Waals surface area contributed by atoms with E-state index in [2.05, 4.69) is 0 Å². The van der Waals surface area contributed by atoms with Crippen LogP contribution in [0.2, 0.25) is 0 Å². The van der Waals surface area contributed by atoms with Crippen LogP contribution in [0.4, 0.5) is 0 Å². The second kappa shape index (κ2) is 7.78. The minimum atomic E-state index is -3.08. The zero-order chi connectivity index (χ0) is 14.3. The molecule has 0 fully saturated rings. The molecule has 0 amide bonds. The highest BCUT2D eigenvalue weighted by Gasteiger charge is 2.24. The SMILES string of the molecule is CCOP(=O)(Cc1ccc(C(O)OC)cc1)OCC. The van der Waals surface area contributed by atoms with E-state index in [1.807, 2.05) is 0 Å². The van der Waals surface area contributed by atoms with Gasteiger partial charge in [-0.2, -0.15) is 0 Å². The van der Waals surface area contributed by atoms with Gasteiger partial charge in [0.05, 0.1) is 19.4 Å². The molecule has 0 aliphatic heterocycles. The Morgan fingerprint density at radius 3 is 2.11 bits per heavy atom. The Morgan fingerprint density at radius 2 is 1.68 bits per heavy atom. The maximum atomic E-state index is 12.3. The van der Waals surface area contributed by atoms with Crippen LogP contribution in [0.3, 0.4) is 0 Å². The quantitative estimate of drug-likeness (QED) is 0.588. The van der Waals surface area contributed by atoms with Gasteiger partial charge in [-0.1, -0.05) is 24.3 Å². The summed E-state index contributed by atoms with van der Waals surface area (Å²) < 4.78 is 27.6. The summed E-state index contributed by atoms with van der Waals surface area (Å²) >= 11 is 0. The zero-order valence-electron chi connectivity index (χ0n) is 11.5. The standard InChI is InChI=1S/C13H21O5P/c1-4-17-19(15,18-5-2)10-11-6-8-12(9-7-11)13(14)16-3/h6-9,13-14H,4-5,10H2,1-3H3. The summed E-state index contributed by atoms with van der Waals surface area (Å²) in [6.07, 6.45) is -0.725. The molecule has 19 heavy (non-hydrogen) atoms. The predicted molar refractivity (Wildman–Crippen MR) is 73.0 cm³/mol. The molecule has 0 bridgehead atoms. The summed E-state index contributed by atoms with van der Waals surface area (Å²) in [5.74, 6) is 0. The van der Waals surface area contributed by atoms with E-state index in [9.17, 15) is 9.67 Å². The fourth-order valence-electron chi connectivity index (χ4n) is 1.67. The predicted octanol–water partition coefficient (Wildman–Crippen LogP) is 3.09. The van der Waals surface area contributed by atoms with Crippen molar-refractivity contribution >= 4 is 7.60 Å². The van der Waals surface area contributed by atoms with Gasteiger partial charge >= 0.3 is 7.60 Å². The summed E-state index contributed by atoms with van der Waals surface area (Å²) in [6.45, 7) is 4.25. The molecule has 0 saturated heterocycles. The lowest BCUT2D eigenvalue weighted by Gasteiger charge is -2.17. The first-order valence-corrected chi connectivity index (χ1v) is 7.95. The molecule has 108 valence electrons. The van der Waals surface area contributed by atoms with Gasteiger partial charge < -0.3 is 18.9 Å². The molecule has 1 atom stereocenters. The first-order valence-electron chi connectivity index (χ1n) is 6.22. The van der Waals surface area contributed by atoms with Crippen LogP contribution >= 0.6 is 7.60 Å². The zero-order valence-corrected chi connectivity index (χ0v) is 12.4. The number of hydrogen-bond acceptors (Lipinski definition) is 5. The van der Waals surface area contributed by atoms with Crippen molar-refractivity contribution in [1.29, 1.82) is 0 Å². The molecule has 0 aromatic heterocycles. The maximum absolute atomic E-state index is 12.3. The molecule has 1 rings (SSSR count). The molecule has 1 aromatic carbocycles. The molecular formula is C13H21O5P. The Bertz CT molecular complexity index is 408. The highest BCUT2D eigenvalue weighted by molar-refractivity contribution is 7.53. The lowest BCUT2D eigenvalue weighted by molar-refractivity contribution is -0.0769. The summed E-state index contributed by atoms with van der Waals surface area (Å²) in [5.41, 5.74) is 1.48. The molecule has 0 heterocycles. The van der Waals surface area contributed by atoms with Crippen LogP contribution in [0.1, 0.15) is 31.3 Å². The van der Waals surface area contributed by atoms with Gasteiger partial charge in [-0.05, 0) is 19.4 Å². The van der Waals surface area contributed by atoms with E-state index in [4.69, 9.17) is 13.8 Å². The molecular weight excluding hydrogens is 267 g/mol. The van der Waals surface area contributed by atoms with Gasteiger partial charge in [0.25, 0.3) is 0 Å². The van der Waals surface area contributed by atoms with Gasteiger partial charge in [0, 0.05) is 12.7 Å². The fraction of sp³-hybridized carbons (Fsp3) is 0.538. The van der Waals surface area contributed by atoms with E-state index in [-0.39, 0.29) is 6.16 Å². The van der Waals surface area contributed by atoms with Crippen molar-refractivity contribution in [2.45, 2.75) is 26.3 Å². The molecule has 0 spiro atoms. The third kappa shape index (κ3) is 5.05. The van der Waals surface area contributed by atoms with Crippen molar-refractivity contribution in [3.05, 3.63) is 35.4 Å².